The third-order valence-corrected chi connectivity index (χ3v) is 5.58. The normalized spacial score (nSPS) is 17.1. The number of rotatable bonds is 6. The first-order chi connectivity index (χ1) is 16.6. The van der Waals surface area contributed by atoms with Crippen molar-refractivity contribution in [3.63, 3.8) is 0 Å². The van der Waals surface area contributed by atoms with Gasteiger partial charge < -0.3 is 20.5 Å². The third kappa shape index (κ3) is 6.16. The van der Waals surface area contributed by atoms with Gasteiger partial charge >= 0.3 is 6.18 Å². The van der Waals surface area contributed by atoms with Gasteiger partial charge in [-0.15, -0.1) is 0 Å². The number of halogens is 6. The highest BCUT2D eigenvalue weighted by Gasteiger charge is 2.50. The van der Waals surface area contributed by atoms with Gasteiger partial charge in [0.05, 0.1) is 17.0 Å². The summed E-state index contributed by atoms with van der Waals surface area (Å²) in [5, 5.41) is 15.3. The highest BCUT2D eigenvalue weighted by atomic mass is 79.9. The number of carbonyl (C=O) groups is 2. The van der Waals surface area contributed by atoms with Crippen LogP contribution in [0.4, 0.5) is 33.3 Å². The van der Waals surface area contributed by atoms with Crippen molar-refractivity contribution in [3.8, 4) is 0 Å². The summed E-state index contributed by atoms with van der Waals surface area (Å²) < 4.78 is 67.3. The Morgan fingerprint density at radius 3 is 2.53 bits per heavy atom. The molecule has 1 aliphatic heterocycles. The predicted molar refractivity (Wildman–Crippen MR) is 119 cm³/mol. The van der Waals surface area contributed by atoms with Crippen molar-refractivity contribution in [2.24, 2.45) is 0 Å². The zero-order valence-electron chi connectivity index (χ0n) is 18.2. The zero-order valence-corrected chi connectivity index (χ0v) is 19.8. The van der Waals surface area contributed by atoms with Gasteiger partial charge in [-0.3, -0.25) is 24.5 Å². The van der Waals surface area contributed by atoms with Gasteiger partial charge in [0.2, 0.25) is 5.56 Å². The Balaban J connectivity index is 1.95. The van der Waals surface area contributed by atoms with E-state index in [1.165, 1.54) is 13.0 Å². The molecule has 0 unspecified atom stereocenters. The number of hydrogen-bond acceptors (Lipinski definition) is 6. The van der Waals surface area contributed by atoms with E-state index in [0.29, 0.717) is 5.69 Å². The topological polar surface area (TPSA) is 137 Å². The molecule has 1 aromatic carbocycles. The second-order valence-electron chi connectivity index (χ2n) is 7.96. The van der Waals surface area contributed by atoms with Crippen LogP contribution in [0.2, 0.25) is 0 Å². The molecule has 3 N–H and O–H groups in total. The van der Waals surface area contributed by atoms with Gasteiger partial charge in [0.15, 0.2) is 0 Å². The lowest BCUT2D eigenvalue weighted by Gasteiger charge is -2.22. The average molecular weight is 582 g/mol. The van der Waals surface area contributed by atoms with Crippen LogP contribution in [-0.2, 0) is 0 Å². The van der Waals surface area contributed by atoms with E-state index in [1.54, 1.807) is 5.32 Å². The standard InChI is InChI=1S/C20H17BrF5N5O5/c1-9-2-10(3-15(32)28-9)18(34)30-6-14(19(22,23)8-30)29-16-12(17(33)27-7-20(24,25)26)4-11(21)5-13(16)31(35)36/h2-5,14,29H,6-8H2,1H3,(H,27,33)(H,28,32)/t14-/m0/s1. The number of aromatic amines is 1. The highest BCUT2D eigenvalue weighted by molar-refractivity contribution is 9.10. The Hall–Kier alpha value is -3.56. The number of carbonyl (C=O) groups excluding carboxylic acids is 2. The van der Waals surface area contributed by atoms with E-state index in [2.05, 4.69) is 26.2 Å². The van der Waals surface area contributed by atoms with Crippen molar-refractivity contribution in [2.45, 2.75) is 25.1 Å². The van der Waals surface area contributed by atoms with Crippen molar-refractivity contribution < 1.29 is 36.5 Å². The predicted octanol–water partition coefficient (Wildman–Crippen LogP) is 3.22. The molecular formula is C20H17BrF5N5O5. The number of nitrogens with zero attached hydrogens (tertiary/aromatic N) is 2. The maximum atomic E-state index is 14.9. The van der Waals surface area contributed by atoms with Gasteiger partial charge in [0.25, 0.3) is 23.4 Å². The van der Waals surface area contributed by atoms with E-state index in [1.807, 2.05) is 0 Å². The molecule has 1 saturated heterocycles. The van der Waals surface area contributed by atoms with Crippen LogP contribution in [-0.4, -0.2) is 64.4 Å². The number of hydrogen-bond donors (Lipinski definition) is 3. The summed E-state index contributed by atoms with van der Waals surface area (Å²) in [5.41, 5.74) is -2.76. The molecule has 0 saturated carbocycles. The number of H-pyrrole nitrogens is 1. The van der Waals surface area contributed by atoms with Gasteiger partial charge in [0.1, 0.15) is 18.3 Å². The van der Waals surface area contributed by atoms with Crippen LogP contribution in [0.25, 0.3) is 0 Å². The van der Waals surface area contributed by atoms with Crippen molar-refractivity contribution in [2.75, 3.05) is 25.0 Å². The molecule has 2 amide bonds. The average Bonchev–Trinajstić information content (AvgIpc) is 3.04. The van der Waals surface area contributed by atoms with E-state index in [0.717, 1.165) is 23.1 Å². The highest BCUT2D eigenvalue weighted by Crippen LogP contribution is 2.37. The second-order valence-corrected chi connectivity index (χ2v) is 8.88. The van der Waals surface area contributed by atoms with E-state index in [9.17, 15) is 46.5 Å². The molecule has 2 heterocycles. The summed E-state index contributed by atoms with van der Waals surface area (Å²) in [6, 6.07) is 2.09. The first-order valence-corrected chi connectivity index (χ1v) is 10.8. The minimum Gasteiger partial charge on any atom is -0.369 e. The smallest absolute Gasteiger partial charge is 0.369 e. The first-order valence-electron chi connectivity index (χ1n) is 10.0. The summed E-state index contributed by atoms with van der Waals surface area (Å²) in [4.78, 5) is 50.5. The molecular weight excluding hydrogens is 565 g/mol. The molecule has 3 rings (SSSR count). The maximum absolute atomic E-state index is 14.9. The summed E-state index contributed by atoms with van der Waals surface area (Å²) in [7, 11) is 0. The van der Waals surface area contributed by atoms with Crippen LogP contribution in [0, 0.1) is 17.0 Å². The molecule has 0 spiro atoms. The first kappa shape index (κ1) is 27.0. The molecule has 1 atom stereocenters. The maximum Gasteiger partial charge on any atom is 0.405 e. The zero-order chi connectivity index (χ0) is 27.0. The molecule has 1 aliphatic rings. The van der Waals surface area contributed by atoms with Gasteiger partial charge in [-0.2, -0.15) is 13.2 Å². The quantitative estimate of drug-likeness (QED) is 0.272. The number of alkyl halides is 5. The van der Waals surface area contributed by atoms with Crippen LogP contribution < -0.4 is 16.2 Å². The number of aryl methyl sites for hydroxylation is 1. The van der Waals surface area contributed by atoms with Crippen LogP contribution >= 0.6 is 15.9 Å². The van der Waals surface area contributed by atoms with Crippen molar-refractivity contribution in [3.05, 3.63) is 66.0 Å². The van der Waals surface area contributed by atoms with Crippen molar-refractivity contribution >= 4 is 39.1 Å². The molecule has 194 valence electrons. The summed E-state index contributed by atoms with van der Waals surface area (Å²) in [6.07, 6.45) is -4.79. The van der Waals surface area contributed by atoms with E-state index in [4.69, 9.17) is 0 Å². The summed E-state index contributed by atoms with van der Waals surface area (Å²) >= 11 is 2.91. The number of benzene rings is 1. The number of pyridine rings is 1. The van der Waals surface area contributed by atoms with Crippen molar-refractivity contribution in [1.82, 2.24) is 15.2 Å². The number of nitrogens with one attached hydrogen (secondary N) is 3. The monoisotopic (exact) mass is 581 g/mol. The minimum atomic E-state index is -4.79. The van der Waals surface area contributed by atoms with Gasteiger partial charge in [-0.05, 0) is 19.1 Å². The molecule has 0 aliphatic carbocycles. The van der Waals surface area contributed by atoms with Crippen molar-refractivity contribution in [1.29, 1.82) is 0 Å². The fourth-order valence-electron chi connectivity index (χ4n) is 3.59. The minimum absolute atomic E-state index is 0.0587. The van der Waals surface area contributed by atoms with Crippen LogP contribution in [0.5, 0.6) is 0 Å². The SMILES string of the molecule is Cc1cc(C(=O)N2C[C@H](Nc3c(C(=O)NCC(F)(F)F)cc(Br)cc3[N+](=O)[O-])C(F)(F)C2)cc(=O)[nH]1. The van der Waals surface area contributed by atoms with Crippen LogP contribution in [0.1, 0.15) is 26.4 Å². The summed E-state index contributed by atoms with van der Waals surface area (Å²) in [6.45, 7) is -2.08. The lowest BCUT2D eigenvalue weighted by atomic mass is 10.1. The van der Waals surface area contributed by atoms with Crippen LogP contribution in [0.3, 0.4) is 0 Å². The molecule has 1 fully saturated rings. The third-order valence-electron chi connectivity index (χ3n) is 5.12. The molecule has 1 aromatic heterocycles. The Morgan fingerprint density at radius 1 is 1.28 bits per heavy atom. The van der Waals surface area contributed by atoms with Crippen LogP contribution in [0.15, 0.2) is 33.5 Å². The Bertz CT molecular complexity index is 1280. The number of likely N-dealkylation sites (tertiary alicyclic amines) is 1. The van der Waals surface area contributed by atoms with E-state index >= 15 is 0 Å². The molecule has 36 heavy (non-hydrogen) atoms. The molecule has 0 radical (unpaired) electrons. The lowest BCUT2D eigenvalue weighted by Crippen LogP contribution is -2.39. The lowest BCUT2D eigenvalue weighted by molar-refractivity contribution is -0.384. The molecule has 0 bridgehead atoms. The summed E-state index contributed by atoms with van der Waals surface area (Å²) in [5.74, 6) is -5.96. The Morgan fingerprint density at radius 2 is 1.94 bits per heavy atom. The van der Waals surface area contributed by atoms with E-state index in [-0.39, 0.29) is 10.0 Å². The number of nitro groups is 1. The van der Waals surface area contributed by atoms with Gasteiger partial charge in [-0.25, -0.2) is 8.78 Å². The molecule has 16 heteroatoms. The fraction of sp³-hybridized carbons (Fsp3) is 0.350. The molecule has 10 nitrogen and oxygen atoms in total. The second kappa shape index (κ2) is 9.83. The molecule has 2 aromatic rings. The fourth-order valence-corrected chi connectivity index (χ4v) is 4.04. The Labute approximate surface area is 207 Å². The Kier molecular flexibility index (Phi) is 7.38. The van der Waals surface area contributed by atoms with Gasteiger partial charge in [-0.1, -0.05) is 15.9 Å². The number of nitro benzene ring substituents is 1. The number of aromatic nitrogens is 1. The number of anilines is 1. The number of amides is 2. The van der Waals surface area contributed by atoms with E-state index < -0.39 is 77.0 Å². The van der Waals surface area contributed by atoms with Gasteiger partial charge in [0, 0.05) is 34.4 Å². The largest absolute Gasteiger partial charge is 0.405 e.